The van der Waals surface area contributed by atoms with E-state index in [0.29, 0.717) is 31.1 Å². The zero-order valence-corrected chi connectivity index (χ0v) is 11.6. The van der Waals surface area contributed by atoms with Crippen molar-refractivity contribution in [3.8, 4) is 11.5 Å². The van der Waals surface area contributed by atoms with E-state index in [9.17, 15) is 13.2 Å². The van der Waals surface area contributed by atoms with Gasteiger partial charge in [0.25, 0.3) is 0 Å². The predicted molar refractivity (Wildman–Crippen MR) is 69.5 cm³/mol. The van der Waals surface area contributed by atoms with Crippen molar-refractivity contribution in [2.75, 3.05) is 19.8 Å². The molecule has 1 aliphatic rings. The molecular weight excluding hydrogens is 295 g/mol. The van der Waals surface area contributed by atoms with Gasteiger partial charge in [0, 0.05) is 16.7 Å². The average molecular weight is 310 g/mol. The Hall–Kier alpha value is -1.14. The number of rotatable bonds is 4. The number of ether oxygens (including phenoxy) is 2. The van der Waals surface area contributed by atoms with E-state index < -0.39 is 12.2 Å². The quantitative estimate of drug-likeness (QED) is 0.919. The van der Waals surface area contributed by atoms with Crippen LogP contribution in [0.4, 0.5) is 13.2 Å². The minimum absolute atomic E-state index is 0.0141. The minimum atomic E-state index is -4.43. The molecule has 1 unspecified atom stereocenters. The third kappa shape index (κ3) is 3.30. The number of hydrogen-bond donors (Lipinski definition) is 1. The Bertz CT molecular complexity index is 479. The second-order valence-electron chi connectivity index (χ2n) is 4.45. The molecule has 1 heterocycles. The molecule has 1 atom stereocenters. The van der Waals surface area contributed by atoms with Gasteiger partial charge in [-0.2, -0.15) is 13.2 Å². The van der Waals surface area contributed by atoms with Crippen molar-refractivity contribution in [1.82, 2.24) is 5.32 Å². The first-order chi connectivity index (χ1) is 9.43. The molecule has 1 aliphatic heterocycles. The summed E-state index contributed by atoms with van der Waals surface area (Å²) in [5.41, 5.74) is -0.0446. The maximum Gasteiger partial charge on any atom is 0.407 e. The molecule has 1 N–H and O–H groups in total. The molecule has 7 heteroatoms. The highest BCUT2D eigenvalue weighted by molar-refractivity contribution is 6.31. The zero-order valence-electron chi connectivity index (χ0n) is 10.9. The fourth-order valence-electron chi connectivity index (χ4n) is 1.99. The number of fused-ring (bicyclic) bond motifs is 1. The van der Waals surface area contributed by atoms with Crippen LogP contribution in [0.15, 0.2) is 12.1 Å². The van der Waals surface area contributed by atoms with Gasteiger partial charge in [0.05, 0.1) is 0 Å². The highest BCUT2D eigenvalue weighted by atomic mass is 35.5. The second kappa shape index (κ2) is 6.10. The summed E-state index contributed by atoms with van der Waals surface area (Å²) < 4.78 is 50.0. The van der Waals surface area contributed by atoms with Crippen LogP contribution in [-0.4, -0.2) is 25.9 Å². The number of hydrogen-bond acceptors (Lipinski definition) is 3. The predicted octanol–water partition coefficient (Wildman–Crippen LogP) is 3.71. The first-order valence-electron chi connectivity index (χ1n) is 6.32. The van der Waals surface area contributed by atoms with Crippen molar-refractivity contribution in [1.29, 1.82) is 0 Å². The summed E-state index contributed by atoms with van der Waals surface area (Å²) in [5, 5.41) is 2.48. The Kier molecular flexibility index (Phi) is 4.65. The molecule has 0 spiro atoms. The normalized spacial score (nSPS) is 16.1. The Balaban J connectivity index is 2.37. The summed E-state index contributed by atoms with van der Waals surface area (Å²) in [6.45, 7) is 2.72. The molecule has 20 heavy (non-hydrogen) atoms. The molecule has 1 aromatic rings. The Morgan fingerprint density at radius 3 is 2.40 bits per heavy atom. The fourth-order valence-corrected chi connectivity index (χ4v) is 2.25. The third-order valence-electron chi connectivity index (χ3n) is 2.90. The summed E-state index contributed by atoms with van der Waals surface area (Å²) >= 11 is 5.97. The van der Waals surface area contributed by atoms with Gasteiger partial charge in [0.15, 0.2) is 11.5 Å². The average Bonchev–Trinajstić information content (AvgIpc) is 2.38. The summed E-state index contributed by atoms with van der Waals surface area (Å²) in [6, 6.07) is 0.862. The molecule has 1 aromatic carbocycles. The number of alkyl halides is 3. The number of benzene rings is 1. The molecule has 0 saturated carbocycles. The van der Waals surface area contributed by atoms with Gasteiger partial charge < -0.3 is 14.8 Å². The summed E-state index contributed by atoms with van der Waals surface area (Å²) in [6.07, 6.45) is -3.84. The van der Waals surface area contributed by atoms with Crippen LogP contribution in [0, 0.1) is 0 Å². The van der Waals surface area contributed by atoms with Crippen LogP contribution in [0.2, 0.25) is 5.02 Å². The van der Waals surface area contributed by atoms with Gasteiger partial charge in [0.1, 0.15) is 19.3 Å². The molecule has 0 fully saturated rings. The van der Waals surface area contributed by atoms with E-state index in [1.54, 1.807) is 6.92 Å². The van der Waals surface area contributed by atoms with Crippen LogP contribution in [0.25, 0.3) is 0 Å². The lowest BCUT2D eigenvalue weighted by molar-refractivity contribution is -0.157. The largest absolute Gasteiger partial charge is 0.486 e. The van der Waals surface area contributed by atoms with Crippen molar-refractivity contribution >= 4 is 11.6 Å². The van der Waals surface area contributed by atoms with Gasteiger partial charge in [-0.05, 0) is 19.0 Å². The lowest BCUT2D eigenvalue weighted by Crippen LogP contribution is -2.35. The molecular formula is C13H15ClF3NO2. The Morgan fingerprint density at radius 2 is 1.85 bits per heavy atom. The molecule has 0 aliphatic carbocycles. The number of nitrogens with one attached hydrogen (secondary N) is 1. The van der Waals surface area contributed by atoms with Crippen molar-refractivity contribution in [2.45, 2.75) is 25.6 Å². The van der Waals surface area contributed by atoms with Crippen molar-refractivity contribution in [2.24, 2.45) is 0 Å². The smallest absolute Gasteiger partial charge is 0.407 e. The lowest BCUT2D eigenvalue weighted by atomic mass is 10.0. The van der Waals surface area contributed by atoms with Crippen LogP contribution < -0.4 is 14.8 Å². The molecule has 0 saturated heterocycles. The first-order valence-corrected chi connectivity index (χ1v) is 6.70. The van der Waals surface area contributed by atoms with Gasteiger partial charge in [-0.25, -0.2) is 0 Å². The topological polar surface area (TPSA) is 30.5 Å². The van der Waals surface area contributed by atoms with Gasteiger partial charge in [-0.15, -0.1) is 0 Å². The van der Waals surface area contributed by atoms with E-state index in [1.165, 1.54) is 12.1 Å². The lowest BCUT2D eigenvalue weighted by Gasteiger charge is -2.25. The van der Waals surface area contributed by atoms with Crippen LogP contribution >= 0.6 is 11.6 Å². The van der Waals surface area contributed by atoms with Crippen LogP contribution in [-0.2, 0) is 0 Å². The molecule has 0 bridgehead atoms. The van der Waals surface area contributed by atoms with E-state index >= 15 is 0 Å². The van der Waals surface area contributed by atoms with E-state index in [4.69, 9.17) is 21.1 Å². The third-order valence-corrected chi connectivity index (χ3v) is 3.23. The maximum atomic E-state index is 13.1. The van der Waals surface area contributed by atoms with Crippen molar-refractivity contribution in [3.05, 3.63) is 22.7 Å². The molecule has 0 amide bonds. The molecule has 2 rings (SSSR count). The molecule has 0 radical (unpaired) electrons. The van der Waals surface area contributed by atoms with Gasteiger partial charge >= 0.3 is 6.18 Å². The first kappa shape index (κ1) is 15.3. The van der Waals surface area contributed by atoms with Crippen LogP contribution in [0.5, 0.6) is 11.5 Å². The van der Waals surface area contributed by atoms with Gasteiger partial charge in [0.2, 0.25) is 0 Å². The van der Waals surface area contributed by atoms with Crippen molar-refractivity contribution < 1.29 is 22.6 Å². The van der Waals surface area contributed by atoms with E-state index in [2.05, 4.69) is 5.32 Å². The summed E-state index contributed by atoms with van der Waals surface area (Å²) in [5.74, 6) is 0.671. The van der Waals surface area contributed by atoms with E-state index in [1.807, 2.05) is 0 Å². The van der Waals surface area contributed by atoms with Crippen LogP contribution in [0.1, 0.15) is 24.9 Å². The highest BCUT2D eigenvalue weighted by Gasteiger charge is 2.42. The molecule has 0 aromatic heterocycles. The van der Waals surface area contributed by atoms with E-state index in [-0.39, 0.29) is 17.1 Å². The summed E-state index contributed by atoms with van der Waals surface area (Å²) in [7, 11) is 0. The molecule has 3 nitrogen and oxygen atoms in total. The van der Waals surface area contributed by atoms with Gasteiger partial charge in [-0.3, -0.25) is 0 Å². The summed E-state index contributed by atoms with van der Waals surface area (Å²) in [4.78, 5) is 0. The monoisotopic (exact) mass is 309 g/mol. The number of halogens is 4. The molecule has 112 valence electrons. The van der Waals surface area contributed by atoms with Gasteiger partial charge in [-0.1, -0.05) is 18.5 Å². The van der Waals surface area contributed by atoms with Crippen molar-refractivity contribution in [3.63, 3.8) is 0 Å². The fraction of sp³-hybridized carbons (Fsp3) is 0.538. The SMILES string of the molecule is CCCNC(c1cc2c(cc1Cl)OCCO2)C(F)(F)F. The minimum Gasteiger partial charge on any atom is -0.486 e. The highest BCUT2D eigenvalue weighted by Crippen LogP contribution is 2.42. The maximum absolute atomic E-state index is 13.1. The Morgan fingerprint density at radius 1 is 1.25 bits per heavy atom. The zero-order chi connectivity index (χ0) is 14.8. The second-order valence-corrected chi connectivity index (χ2v) is 4.85. The van der Waals surface area contributed by atoms with E-state index in [0.717, 1.165) is 0 Å². The van der Waals surface area contributed by atoms with Crippen LogP contribution in [0.3, 0.4) is 0 Å². The standard InChI is InChI=1S/C13H15ClF3NO2/c1-2-3-18-12(13(15,16)17)8-6-10-11(7-9(8)14)20-5-4-19-10/h6-7,12,18H,2-5H2,1H3. The Labute approximate surface area is 120 Å².